The molecule has 90 valence electrons. The van der Waals surface area contributed by atoms with Crippen molar-refractivity contribution in [2.24, 2.45) is 0 Å². The Balaban J connectivity index is 2.95. The van der Waals surface area contributed by atoms with E-state index in [0.717, 1.165) is 19.0 Å². The van der Waals surface area contributed by atoms with Gasteiger partial charge in [0.25, 0.3) is 0 Å². The Kier molecular flexibility index (Phi) is 4.80. The molecule has 0 aromatic heterocycles. The van der Waals surface area contributed by atoms with Crippen LogP contribution in [-0.2, 0) is 0 Å². The summed E-state index contributed by atoms with van der Waals surface area (Å²) in [5.41, 5.74) is 0.190. The van der Waals surface area contributed by atoms with Gasteiger partial charge in [0.1, 0.15) is 5.82 Å². The highest BCUT2D eigenvalue weighted by molar-refractivity contribution is 5.23. The lowest BCUT2D eigenvalue weighted by Gasteiger charge is -2.17. The van der Waals surface area contributed by atoms with E-state index < -0.39 is 17.5 Å². The monoisotopic (exact) mass is 231 g/mol. The molecule has 1 unspecified atom stereocenters. The lowest BCUT2D eigenvalue weighted by Crippen LogP contribution is -2.22. The molecular weight excluding hydrogens is 215 g/mol. The van der Waals surface area contributed by atoms with E-state index >= 15 is 0 Å². The van der Waals surface area contributed by atoms with Crippen molar-refractivity contribution >= 4 is 0 Å². The zero-order chi connectivity index (χ0) is 12.1. The summed E-state index contributed by atoms with van der Waals surface area (Å²) in [6.45, 7) is 4.58. The van der Waals surface area contributed by atoms with Crippen molar-refractivity contribution in [1.29, 1.82) is 0 Å². The summed E-state index contributed by atoms with van der Waals surface area (Å²) < 4.78 is 39.2. The van der Waals surface area contributed by atoms with E-state index in [4.69, 9.17) is 0 Å². The van der Waals surface area contributed by atoms with Crippen LogP contribution in [0.4, 0.5) is 13.2 Å². The smallest absolute Gasteiger partial charge is 0.161 e. The molecule has 0 aliphatic rings. The fourth-order valence-electron chi connectivity index (χ4n) is 1.60. The van der Waals surface area contributed by atoms with Gasteiger partial charge in [-0.15, -0.1) is 0 Å². The molecule has 1 rings (SSSR count). The minimum Gasteiger partial charge on any atom is -0.310 e. The molecule has 0 spiro atoms. The van der Waals surface area contributed by atoms with E-state index in [1.54, 1.807) is 0 Å². The molecule has 0 bridgehead atoms. The molecule has 0 fully saturated rings. The van der Waals surface area contributed by atoms with Crippen LogP contribution in [-0.4, -0.2) is 6.54 Å². The third-order valence-corrected chi connectivity index (χ3v) is 2.46. The quantitative estimate of drug-likeness (QED) is 0.764. The van der Waals surface area contributed by atoms with Gasteiger partial charge in [0.05, 0.1) is 0 Å². The molecule has 1 nitrogen and oxygen atoms in total. The zero-order valence-corrected chi connectivity index (χ0v) is 9.49. The second-order valence-electron chi connectivity index (χ2n) is 3.70. The number of rotatable bonds is 5. The van der Waals surface area contributed by atoms with Crippen molar-refractivity contribution < 1.29 is 13.2 Å². The SMILES string of the molecule is CCCNC(CC)c1cc(F)c(F)cc1F. The maximum Gasteiger partial charge on any atom is 0.161 e. The Morgan fingerprint density at radius 3 is 2.25 bits per heavy atom. The van der Waals surface area contributed by atoms with Crippen LogP contribution in [0.2, 0.25) is 0 Å². The number of hydrogen-bond acceptors (Lipinski definition) is 1. The maximum atomic E-state index is 13.4. The Morgan fingerprint density at radius 2 is 1.69 bits per heavy atom. The molecule has 0 radical (unpaired) electrons. The molecular formula is C12H16F3N. The predicted molar refractivity (Wildman–Crippen MR) is 57.6 cm³/mol. The molecule has 0 heterocycles. The summed E-state index contributed by atoms with van der Waals surface area (Å²) in [7, 11) is 0. The summed E-state index contributed by atoms with van der Waals surface area (Å²) in [5.74, 6) is -2.85. The van der Waals surface area contributed by atoms with Crippen molar-refractivity contribution in [3.63, 3.8) is 0 Å². The van der Waals surface area contributed by atoms with Crippen molar-refractivity contribution in [2.75, 3.05) is 6.54 Å². The largest absolute Gasteiger partial charge is 0.310 e. The molecule has 0 aliphatic heterocycles. The van der Waals surface area contributed by atoms with Crippen molar-refractivity contribution in [1.82, 2.24) is 5.32 Å². The lowest BCUT2D eigenvalue weighted by atomic mass is 10.0. The molecule has 1 aromatic rings. The standard InChI is InChI=1S/C12H16F3N/c1-3-5-16-12(4-2)8-6-10(14)11(15)7-9(8)13/h6-7,12,16H,3-5H2,1-2H3. The van der Waals surface area contributed by atoms with Crippen molar-refractivity contribution in [3.05, 3.63) is 35.1 Å². The van der Waals surface area contributed by atoms with Crippen molar-refractivity contribution in [3.8, 4) is 0 Å². The lowest BCUT2D eigenvalue weighted by molar-refractivity contribution is 0.459. The topological polar surface area (TPSA) is 12.0 Å². The van der Waals surface area contributed by atoms with E-state index in [2.05, 4.69) is 5.32 Å². The molecule has 0 amide bonds. The van der Waals surface area contributed by atoms with Crippen LogP contribution in [0, 0.1) is 17.5 Å². The number of hydrogen-bond donors (Lipinski definition) is 1. The van der Waals surface area contributed by atoms with Gasteiger partial charge in [-0.3, -0.25) is 0 Å². The van der Waals surface area contributed by atoms with Gasteiger partial charge in [0.2, 0.25) is 0 Å². The fraction of sp³-hybridized carbons (Fsp3) is 0.500. The Bertz CT molecular complexity index is 352. The van der Waals surface area contributed by atoms with Crippen LogP contribution in [0.3, 0.4) is 0 Å². The first-order valence-electron chi connectivity index (χ1n) is 5.48. The molecule has 4 heteroatoms. The molecule has 1 aromatic carbocycles. The fourth-order valence-corrected chi connectivity index (χ4v) is 1.60. The van der Waals surface area contributed by atoms with E-state index in [1.165, 1.54) is 0 Å². The first-order chi connectivity index (χ1) is 7.60. The number of benzene rings is 1. The second-order valence-corrected chi connectivity index (χ2v) is 3.70. The van der Waals surface area contributed by atoms with Crippen LogP contribution in [0.1, 0.15) is 38.3 Å². The highest BCUT2D eigenvalue weighted by Gasteiger charge is 2.16. The Morgan fingerprint density at radius 1 is 1.06 bits per heavy atom. The van der Waals surface area contributed by atoms with Crippen LogP contribution in [0.5, 0.6) is 0 Å². The van der Waals surface area contributed by atoms with E-state index in [1.807, 2.05) is 13.8 Å². The average Bonchev–Trinajstić information content (AvgIpc) is 2.26. The maximum absolute atomic E-state index is 13.4. The molecule has 0 saturated carbocycles. The minimum absolute atomic E-state index is 0.190. The van der Waals surface area contributed by atoms with Crippen LogP contribution in [0.15, 0.2) is 12.1 Å². The predicted octanol–water partition coefficient (Wildman–Crippen LogP) is 3.55. The van der Waals surface area contributed by atoms with Crippen LogP contribution >= 0.6 is 0 Å². The summed E-state index contributed by atoms with van der Waals surface area (Å²) in [5, 5.41) is 3.09. The number of halogens is 3. The second kappa shape index (κ2) is 5.89. The number of nitrogens with one attached hydrogen (secondary N) is 1. The minimum atomic E-state index is -1.15. The third kappa shape index (κ3) is 2.98. The summed E-state index contributed by atoms with van der Waals surface area (Å²) in [6, 6.07) is 1.26. The van der Waals surface area contributed by atoms with E-state index in [-0.39, 0.29) is 11.6 Å². The third-order valence-electron chi connectivity index (χ3n) is 2.46. The van der Waals surface area contributed by atoms with Crippen LogP contribution in [0.25, 0.3) is 0 Å². The summed E-state index contributed by atoms with van der Waals surface area (Å²) >= 11 is 0. The van der Waals surface area contributed by atoms with E-state index in [0.29, 0.717) is 12.5 Å². The first kappa shape index (κ1) is 13.0. The van der Waals surface area contributed by atoms with E-state index in [9.17, 15) is 13.2 Å². The molecule has 16 heavy (non-hydrogen) atoms. The molecule has 1 N–H and O–H groups in total. The van der Waals surface area contributed by atoms with Gasteiger partial charge in [-0.1, -0.05) is 13.8 Å². The van der Waals surface area contributed by atoms with Crippen LogP contribution < -0.4 is 5.32 Å². The summed E-state index contributed by atoms with van der Waals surface area (Å²) in [4.78, 5) is 0. The first-order valence-corrected chi connectivity index (χ1v) is 5.48. The van der Waals surface area contributed by atoms with Gasteiger partial charge in [-0.05, 0) is 25.5 Å². The van der Waals surface area contributed by atoms with Gasteiger partial charge in [0, 0.05) is 17.7 Å². The zero-order valence-electron chi connectivity index (χ0n) is 9.49. The Labute approximate surface area is 93.7 Å². The highest BCUT2D eigenvalue weighted by Crippen LogP contribution is 2.22. The molecule has 0 saturated heterocycles. The van der Waals surface area contributed by atoms with Gasteiger partial charge >= 0.3 is 0 Å². The Hall–Kier alpha value is -1.03. The highest BCUT2D eigenvalue weighted by atomic mass is 19.2. The van der Waals surface area contributed by atoms with Gasteiger partial charge < -0.3 is 5.32 Å². The average molecular weight is 231 g/mol. The molecule has 0 aliphatic carbocycles. The van der Waals surface area contributed by atoms with Crippen molar-refractivity contribution in [2.45, 2.75) is 32.7 Å². The molecule has 1 atom stereocenters. The van der Waals surface area contributed by atoms with Gasteiger partial charge in [-0.2, -0.15) is 0 Å². The normalized spacial score (nSPS) is 12.8. The summed E-state index contributed by atoms with van der Waals surface area (Å²) in [6.07, 6.45) is 1.53. The van der Waals surface area contributed by atoms with Gasteiger partial charge in [0.15, 0.2) is 11.6 Å². The van der Waals surface area contributed by atoms with Gasteiger partial charge in [-0.25, -0.2) is 13.2 Å².